The van der Waals surface area contributed by atoms with Crippen molar-refractivity contribution < 1.29 is 9.53 Å². The number of hydrogen-bond donors (Lipinski definition) is 1. The fraction of sp³-hybridized carbons (Fsp3) is 0.733. The second kappa shape index (κ2) is 7.00. The maximum atomic E-state index is 12.3. The first-order valence-corrected chi connectivity index (χ1v) is 7.66. The summed E-state index contributed by atoms with van der Waals surface area (Å²) in [4.78, 5) is 16.4. The second-order valence-electron chi connectivity index (χ2n) is 6.22. The minimum atomic E-state index is -0.00781. The molecule has 1 N–H and O–H groups in total. The highest BCUT2D eigenvalue weighted by Crippen LogP contribution is 2.21. The minimum Gasteiger partial charge on any atom is -0.481 e. The number of methoxy groups -OCH3 is 1. The van der Waals surface area contributed by atoms with Gasteiger partial charge in [0.15, 0.2) is 0 Å². The molecule has 0 spiro atoms. The smallest absolute Gasteiger partial charge is 0.317 e. The summed E-state index contributed by atoms with van der Waals surface area (Å²) in [5.74, 6) is 1.26. The van der Waals surface area contributed by atoms with Gasteiger partial charge in [-0.05, 0) is 33.4 Å². The van der Waals surface area contributed by atoms with Crippen molar-refractivity contribution in [3.8, 4) is 5.88 Å². The van der Waals surface area contributed by atoms with Gasteiger partial charge in [0, 0.05) is 26.7 Å². The van der Waals surface area contributed by atoms with Gasteiger partial charge in [0.2, 0.25) is 5.88 Å². The van der Waals surface area contributed by atoms with E-state index in [4.69, 9.17) is 4.74 Å². The number of nitrogens with zero attached hydrogens (tertiary/aromatic N) is 4. The molecule has 1 aliphatic rings. The Balaban J connectivity index is 1.89. The van der Waals surface area contributed by atoms with Crippen molar-refractivity contribution in [2.45, 2.75) is 19.9 Å². The predicted octanol–water partition coefficient (Wildman–Crippen LogP) is 0.830. The summed E-state index contributed by atoms with van der Waals surface area (Å²) in [6, 6.07) is -0.00781. The Kier molecular flexibility index (Phi) is 5.28. The van der Waals surface area contributed by atoms with E-state index in [9.17, 15) is 4.79 Å². The fourth-order valence-electron chi connectivity index (χ4n) is 3.10. The Morgan fingerprint density at radius 1 is 1.50 bits per heavy atom. The quantitative estimate of drug-likeness (QED) is 0.875. The van der Waals surface area contributed by atoms with Crippen LogP contribution in [0.4, 0.5) is 4.79 Å². The van der Waals surface area contributed by atoms with Crippen molar-refractivity contribution in [3.63, 3.8) is 0 Å². The first-order valence-electron chi connectivity index (χ1n) is 7.66. The van der Waals surface area contributed by atoms with E-state index in [0.29, 0.717) is 18.3 Å². The van der Waals surface area contributed by atoms with Gasteiger partial charge in [-0.2, -0.15) is 5.10 Å². The van der Waals surface area contributed by atoms with Crippen molar-refractivity contribution in [1.82, 2.24) is 24.9 Å². The molecule has 1 saturated heterocycles. The van der Waals surface area contributed by atoms with Crippen LogP contribution in [0.25, 0.3) is 0 Å². The van der Waals surface area contributed by atoms with Crippen molar-refractivity contribution in [2.24, 2.45) is 13.0 Å². The standard InChI is InChI=1S/C15H27N5O2/c1-11-13(14(22-5)19(4)17-11)8-16-15(21)20-7-6-12(10-20)9-18(2)3/h12H,6-10H2,1-5H3,(H,16,21)/t12-/m0/s1. The molecule has 22 heavy (non-hydrogen) atoms. The van der Waals surface area contributed by atoms with Crippen molar-refractivity contribution in [3.05, 3.63) is 11.3 Å². The van der Waals surface area contributed by atoms with E-state index in [1.54, 1.807) is 11.8 Å². The lowest BCUT2D eigenvalue weighted by atomic mass is 10.1. The molecule has 0 bridgehead atoms. The molecule has 7 nitrogen and oxygen atoms in total. The number of hydrogen-bond acceptors (Lipinski definition) is 4. The first-order chi connectivity index (χ1) is 10.4. The van der Waals surface area contributed by atoms with Crippen LogP contribution in [0.3, 0.4) is 0 Å². The lowest BCUT2D eigenvalue weighted by molar-refractivity contribution is 0.205. The minimum absolute atomic E-state index is 0.00781. The van der Waals surface area contributed by atoms with Crippen LogP contribution in [0.1, 0.15) is 17.7 Å². The van der Waals surface area contributed by atoms with E-state index >= 15 is 0 Å². The molecule has 0 aliphatic carbocycles. The van der Waals surface area contributed by atoms with Gasteiger partial charge in [-0.3, -0.25) is 0 Å². The van der Waals surface area contributed by atoms with Gasteiger partial charge < -0.3 is 19.9 Å². The summed E-state index contributed by atoms with van der Waals surface area (Å²) >= 11 is 0. The van der Waals surface area contributed by atoms with E-state index in [2.05, 4.69) is 29.4 Å². The molecule has 2 amide bonds. The summed E-state index contributed by atoms with van der Waals surface area (Å²) < 4.78 is 7.04. The van der Waals surface area contributed by atoms with Gasteiger partial charge in [0.25, 0.3) is 0 Å². The lowest BCUT2D eigenvalue weighted by Gasteiger charge is -2.19. The van der Waals surface area contributed by atoms with Gasteiger partial charge in [0.1, 0.15) is 0 Å². The monoisotopic (exact) mass is 309 g/mol. The number of carbonyl (C=O) groups is 1. The van der Waals surface area contributed by atoms with E-state index in [-0.39, 0.29) is 6.03 Å². The lowest BCUT2D eigenvalue weighted by Crippen LogP contribution is -2.38. The highest BCUT2D eigenvalue weighted by Gasteiger charge is 2.26. The molecular formula is C15H27N5O2. The zero-order chi connectivity index (χ0) is 16.3. The van der Waals surface area contributed by atoms with Crippen LogP contribution in [0.5, 0.6) is 5.88 Å². The molecular weight excluding hydrogens is 282 g/mol. The maximum absolute atomic E-state index is 12.3. The maximum Gasteiger partial charge on any atom is 0.317 e. The molecule has 2 heterocycles. The molecule has 1 atom stereocenters. The third-order valence-electron chi connectivity index (χ3n) is 4.09. The van der Waals surface area contributed by atoms with Crippen LogP contribution in [-0.2, 0) is 13.6 Å². The Morgan fingerprint density at radius 3 is 2.86 bits per heavy atom. The largest absolute Gasteiger partial charge is 0.481 e. The number of urea groups is 1. The van der Waals surface area contributed by atoms with Crippen LogP contribution in [0.15, 0.2) is 0 Å². The van der Waals surface area contributed by atoms with E-state index < -0.39 is 0 Å². The summed E-state index contributed by atoms with van der Waals surface area (Å²) in [6.07, 6.45) is 1.07. The average Bonchev–Trinajstić information content (AvgIpc) is 3.00. The number of amides is 2. The topological polar surface area (TPSA) is 62.6 Å². The molecule has 1 aromatic heterocycles. The van der Waals surface area contributed by atoms with Gasteiger partial charge in [-0.1, -0.05) is 0 Å². The summed E-state index contributed by atoms with van der Waals surface area (Å²) in [6.45, 7) is 5.05. The predicted molar refractivity (Wildman–Crippen MR) is 85.0 cm³/mol. The van der Waals surface area contributed by atoms with Gasteiger partial charge in [-0.25, -0.2) is 9.48 Å². The molecule has 7 heteroatoms. The molecule has 1 fully saturated rings. The van der Waals surface area contributed by atoms with E-state index in [1.807, 2.05) is 18.9 Å². The Bertz CT molecular complexity index is 526. The molecule has 0 unspecified atom stereocenters. The normalized spacial score (nSPS) is 18.1. The van der Waals surface area contributed by atoms with E-state index in [1.165, 1.54) is 0 Å². The molecule has 1 aromatic rings. The SMILES string of the molecule is COc1c(CNC(=O)N2CC[C@@H](CN(C)C)C2)c(C)nn1C. The molecule has 0 aromatic carbocycles. The van der Waals surface area contributed by atoms with Crippen LogP contribution in [-0.4, -0.2) is 66.5 Å². The van der Waals surface area contributed by atoms with Crippen molar-refractivity contribution >= 4 is 6.03 Å². The Labute approximate surface area is 132 Å². The molecule has 124 valence electrons. The zero-order valence-corrected chi connectivity index (χ0v) is 14.2. The van der Waals surface area contributed by atoms with Gasteiger partial charge in [-0.15, -0.1) is 0 Å². The molecule has 0 saturated carbocycles. The number of carbonyl (C=O) groups excluding carboxylic acids is 1. The highest BCUT2D eigenvalue weighted by atomic mass is 16.5. The highest BCUT2D eigenvalue weighted by molar-refractivity contribution is 5.74. The number of likely N-dealkylation sites (tertiary alicyclic amines) is 1. The third kappa shape index (κ3) is 3.71. The fourth-order valence-corrected chi connectivity index (χ4v) is 3.10. The molecule has 1 aliphatic heterocycles. The summed E-state index contributed by atoms with van der Waals surface area (Å²) in [5.41, 5.74) is 1.81. The Morgan fingerprint density at radius 2 is 2.23 bits per heavy atom. The zero-order valence-electron chi connectivity index (χ0n) is 14.2. The van der Waals surface area contributed by atoms with Gasteiger partial charge in [0.05, 0.1) is 24.9 Å². The summed E-state index contributed by atoms with van der Waals surface area (Å²) in [7, 11) is 7.60. The molecule has 2 rings (SSSR count). The number of rotatable bonds is 5. The van der Waals surface area contributed by atoms with Crippen LogP contribution >= 0.6 is 0 Å². The number of aryl methyl sites for hydroxylation is 2. The van der Waals surface area contributed by atoms with Crippen LogP contribution in [0.2, 0.25) is 0 Å². The Hall–Kier alpha value is -1.76. The second-order valence-corrected chi connectivity index (χ2v) is 6.22. The summed E-state index contributed by atoms with van der Waals surface area (Å²) in [5, 5.41) is 7.31. The van der Waals surface area contributed by atoms with Crippen LogP contribution < -0.4 is 10.1 Å². The average molecular weight is 309 g/mol. The van der Waals surface area contributed by atoms with Crippen LogP contribution in [0, 0.1) is 12.8 Å². The third-order valence-corrected chi connectivity index (χ3v) is 4.09. The first kappa shape index (κ1) is 16.6. The van der Waals surface area contributed by atoms with Crippen molar-refractivity contribution in [1.29, 1.82) is 0 Å². The number of nitrogens with one attached hydrogen (secondary N) is 1. The number of aromatic nitrogens is 2. The van der Waals surface area contributed by atoms with E-state index in [0.717, 1.165) is 37.3 Å². The number of ether oxygens (including phenoxy) is 1. The molecule has 0 radical (unpaired) electrons. The van der Waals surface area contributed by atoms with Gasteiger partial charge >= 0.3 is 6.03 Å². The van der Waals surface area contributed by atoms with Crippen molar-refractivity contribution in [2.75, 3.05) is 40.8 Å².